The van der Waals surface area contributed by atoms with Crippen molar-refractivity contribution in [2.75, 3.05) is 26.2 Å². The van der Waals surface area contributed by atoms with Gasteiger partial charge in [-0.15, -0.1) is 0 Å². The lowest BCUT2D eigenvalue weighted by Gasteiger charge is -2.40. The summed E-state index contributed by atoms with van der Waals surface area (Å²) < 4.78 is 14.0. The normalized spacial score (nSPS) is 17.2. The average Bonchev–Trinajstić information content (AvgIpc) is 2.50. The minimum absolute atomic E-state index is 0.0942. The molecule has 1 aromatic rings. The Morgan fingerprint density at radius 2 is 1.86 bits per heavy atom. The molecule has 0 radical (unpaired) electrons. The van der Waals surface area contributed by atoms with E-state index in [1.54, 1.807) is 12.1 Å². The van der Waals surface area contributed by atoms with Crippen LogP contribution in [0.2, 0.25) is 0 Å². The summed E-state index contributed by atoms with van der Waals surface area (Å²) in [5.41, 5.74) is 0.191. The van der Waals surface area contributed by atoms with E-state index < -0.39 is 11.4 Å². The molecular weight excluding hydrogens is 267 g/mol. The van der Waals surface area contributed by atoms with Gasteiger partial charge in [0.1, 0.15) is 17.4 Å². The lowest BCUT2D eigenvalue weighted by Crippen LogP contribution is -2.53. The van der Waals surface area contributed by atoms with Crippen LogP contribution < -0.4 is 0 Å². The number of nitriles is 2. The van der Waals surface area contributed by atoms with E-state index in [1.807, 2.05) is 19.9 Å². The average molecular weight is 286 g/mol. The number of hydrogen-bond donors (Lipinski definition) is 0. The Labute approximate surface area is 125 Å². The van der Waals surface area contributed by atoms with Gasteiger partial charge in [-0.2, -0.15) is 10.5 Å². The highest BCUT2D eigenvalue weighted by molar-refractivity contribution is 5.34. The highest BCUT2D eigenvalue weighted by Crippen LogP contribution is 2.19. The summed E-state index contributed by atoms with van der Waals surface area (Å²) in [4.78, 5) is 4.30. The first-order valence-electron chi connectivity index (χ1n) is 7.04. The lowest BCUT2D eigenvalue weighted by atomic mass is 10.0. The summed E-state index contributed by atoms with van der Waals surface area (Å²) in [5, 5.41) is 18.0. The molecule has 1 fully saturated rings. The predicted molar refractivity (Wildman–Crippen MR) is 77.7 cm³/mol. The summed E-state index contributed by atoms with van der Waals surface area (Å²) in [6.45, 7) is 7.50. The Hall–Kier alpha value is -1.95. The van der Waals surface area contributed by atoms with Crippen LogP contribution in [0.5, 0.6) is 0 Å². The molecule has 0 bridgehead atoms. The summed E-state index contributed by atoms with van der Waals surface area (Å²) in [5.74, 6) is -0.417. The third kappa shape index (κ3) is 3.39. The monoisotopic (exact) mass is 286 g/mol. The molecule has 0 amide bonds. The topological polar surface area (TPSA) is 54.1 Å². The molecule has 0 saturated carbocycles. The van der Waals surface area contributed by atoms with E-state index in [0.717, 1.165) is 26.2 Å². The molecule has 0 unspecified atom stereocenters. The Morgan fingerprint density at radius 3 is 2.43 bits per heavy atom. The molecule has 0 atom stereocenters. The van der Waals surface area contributed by atoms with Gasteiger partial charge < -0.3 is 0 Å². The second kappa shape index (κ2) is 6.22. The first-order valence-corrected chi connectivity index (χ1v) is 7.04. The van der Waals surface area contributed by atoms with E-state index in [0.29, 0.717) is 12.1 Å². The van der Waals surface area contributed by atoms with Crippen LogP contribution in [-0.2, 0) is 6.54 Å². The van der Waals surface area contributed by atoms with Crippen LogP contribution in [-0.4, -0.2) is 41.5 Å². The number of nitrogens with zero attached hydrogens (tertiary/aromatic N) is 4. The SMILES string of the molecule is CC(C)(C#N)N1CCN(Cc2cccc(C#N)c2F)CC1. The summed E-state index contributed by atoms with van der Waals surface area (Å²) in [7, 11) is 0. The molecule has 110 valence electrons. The van der Waals surface area contributed by atoms with Gasteiger partial charge in [-0.25, -0.2) is 4.39 Å². The Balaban J connectivity index is 1.99. The van der Waals surface area contributed by atoms with Gasteiger partial charge in [0.2, 0.25) is 0 Å². The Morgan fingerprint density at radius 1 is 1.19 bits per heavy atom. The molecule has 1 heterocycles. The summed E-state index contributed by atoms with van der Waals surface area (Å²) in [6, 6.07) is 9.11. The van der Waals surface area contributed by atoms with Crippen LogP contribution in [0.3, 0.4) is 0 Å². The minimum atomic E-state index is -0.460. The fraction of sp³-hybridized carbons (Fsp3) is 0.500. The number of piperazine rings is 1. The Bertz CT molecular complexity index is 589. The molecule has 5 heteroatoms. The van der Waals surface area contributed by atoms with E-state index in [9.17, 15) is 4.39 Å². The van der Waals surface area contributed by atoms with E-state index in [1.165, 1.54) is 6.07 Å². The van der Waals surface area contributed by atoms with Crippen molar-refractivity contribution in [3.8, 4) is 12.1 Å². The van der Waals surface area contributed by atoms with Gasteiger partial charge >= 0.3 is 0 Å². The van der Waals surface area contributed by atoms with E-state index >= 15 is 0 Å². The van der Waals surface area contributed by atoms with Crippen molar-refractivity contribution >= 4 is 0 Å². The standard InChI is InChI=1S/C16H19FN4/c1-16(2,12-19)21-8-6-20(7-9-21)11-14-5-3-4-13(10-18)15(14)17/h3-5H,6-9,11H2,1-2H3. The van der Waals surface area contributed by atoms with Crippen molar-refractivity contribution < 1.29 is 4.39 Å². The van der Waals surface area contributed by atoms with Gasteiger partial charge in [0, 0.05) is 38.3 Å². The van der Waals surface area contributed by atoms with Gasteiger partial charge in [-0.05, 0) is 19.9 Å². The van der Waals surface area contributed by atoms with Crippen molar-refractivity contribution in [1.29, 1.82) is 10.5 Å². The summed E-state index contributed by atoms with van der Waals surface area (Å²) >= 11 is 0. The molecule has 0 N–H and O–H groups in total. The highest BCUT2D eigenvalue weighted by atomic mass is 19.1. The van der Waals surface area contributed by atoms with Crippen LogP contribution >= 0.6 is 0 Å². The fourth-order valence-corrected chi connectivity index (χ4v) is 2.56. The molecule has 1 aromatic carbocycles. The number of halogens is 1. The molecule has 0 aromatic heterocycles. The third-order valence-corrected chi connectivity index (χ3v) is 4.03. The minimum Gasteiger partial charge on any atom is -0.296 e. The van der Waals surface area contributed by atoms with Crippen LogP contribution in [0, 0.1) is 28.5 Å². The van der Waals surface area contributed by atoms with Crippen molar-refractivity contribution in [3.05, 3.63) is 35.1 Å². The van der Waals surface area contributed by atoms with Gasteiger partial charge in [-0.1, -0.05) is 12.1 Å². The number of rotatable bonds is 3. The van der Waals surface area contributed by atoms with Crippen LogP contribution in [0.25, 0.3) is 0 Å². The first kappa shape index (κ1) is 15.4. The maximum Gasteiger partial charge on any atom is 0.145 e. The molecule has 1 saturated heterocycles. The molecule has 0 aliphatic carbocycles. The fourth-order valence-electron chi connectivity index (χ4n) is 2.56. The third-order valence-electron chi connectivity index (χ3n) is 4.03. The lowest BCUT2D eigenvalue weighted by molar-refractivity contribution is 0.0758. The van der Waals surface area contributed by atoms with Gasteiger partial charge in [-0.3, -0.25) is 9.80 Å². The molecule has 21 heavy (non-hydrogen) atoms. The van der Waals surface area contributed by atoms with Crippen LogP contribution in [0.1, 0.15) is 25.0 Å². The smallest absolute Gasteiger partial charge is 0.145 e. The summed E-state index contributed by atoms with van der Waals surface area (Å²) in [6.07, 6.45) is 0. The maximum atomic E-state index is 14.0. The first-order chi connectivity index (χ1) is 9.97. The van der Waals surface area contributed by atoms with Crippen molar-refractivity contribution in [1.82, 2.24) is 9.80 Å². The second-order valence-electron chi connectivity index (χ2n) is 5.82. The largest absolute Gasteiger partial charge is 0.296 e. The highest BCUT2D eigenvalue weighted by Gasteiger charge is 2.29. The molecule has 1 aliphatic rings. The zero-order chi connectivity index (χ0) is 15.5. The van der Waals surface area contributed by atoms with E-state index in [2.05, 4.69) is 15.9 Å². The zero-order valence-electron chi connectivity index (χ0n) is 12.4. The molecule has 0 spiro atoms. The maximum absolute atomic E-state index is 14.0. The quantitative estimate of drug-likeness (QED) is 0.854. The zero-order valence-corrected chi connectivity index (χ0v) is 12.4. The van der Waals surface area contributed by atoms with Crippen LogP contribution in [0.15, 0.2) is 18.2 Å². The van der Waals surface area contributed by atoms with Gasteiger partial charge in [0.25, 0.3) is 0 Å². The molecule has 4 nitrogen and oxygen atoms in total. The van der Waals surface area contributed by atoms with Crippen molar-refractivity contribution in [2.24, 2.45) is 0 Å². The van der Waals surface area contributed by atoms with Crippen molar-refractivity contribution in [2.45, 2.75) is 25.9 Å². The van der Waals surface area contributed by atoms with Gasteiger partial charge in [0.05, 0.1) is 11.6 Å². The van der Waals surface area contributed by atoms with E-state index in [4.69, 9.17) is 10.5 Å². The van der Waals surface area contributed by atoms with Crippen LogP contribution in [0.4, 0.5) is 4.39 Å². The number of benzene rings is 1. The van der Waals surface area contributed by atoms with Crippen molar-refractivity contribution in [3.63, 3.8) is 0 Å². The molecular formula is C16H19FN4. The Kier molecular flexibility index (Phi) is 4.57. The number of hydrogen-bond acceptors (Lipinski definition) is 4. The van der Waals surface area contributed by atoms with Gasteiger partial charge in [0.15, 0.2) is 0 Å². The molecule has 2 rings (SSSR count). The van der Waals surface area contributed by atoms with E-state index in [-0.39, 0.29) is 5.56 Å². The molecule has 1 aliphatic heterocycles. The second-order valence-corrected chi connectivity index (χ2v) is 5.82. The predicted octanol–water partition coefficient (Wildman–Crippen LogP) is 2.12.